The molecule has 1 aromatic carbocycles. The first-order valence-electron chi connectivity index (χ1n) is 7.46. The number of pyridine rings is 1. The fraction of sp³-hybridized carbons (Fsp3) is 0.222. The summed E-state index contributed by atoms with van der Waals surface area (Å²) in [5.74, 6) is 0.0111. The molecule has 1 N–H and O–H groups in total. The summed E-state index contributed by atoms with van der Waals surface area (Å²) in [6.07, 6.45) is 5.03. The molecule has 0 aliphatic carbocycles. The zero-order chi connectivity index (χ0) is 15.4. The lowest BCUT2D eigenvalue weighted by atomic mass is 10.1. The minimum atomic E-state index is 0.0111. The largest absolute Gasteiger partial charge is 0.355 e. The molecule has 3 rings (SSSR count). The number of hydrogen-bond acceptors (Lipinski definition) is 2. The number of benzene rings is 1. The monoisotopic (exact) mass is 293 g/mol. The first-order valence-corrected chi connectivity index (χ1v) is 7.46. The van der Waals surface area contributed by atoms with E-state index < -0.39 is 0 Å². The van der Waals surface area contributed by atoms with E-state index in [1.54, 1.807) is 0 Å². The molecule has 0 unspecified atom stereocenters. The van der Waals surface area contributed by atoms with Crippen LogP contribution in [0.4, 0.5) is 0 Å². The van der Waals surface area contributed by atoms with E-state index in [1.807, 2.05) is 54.0 Å². The van der Waals surface area contributed by atoms with Gasteiger partial charge in [-0.15, -0.1) is 0 Å². The Balaban J connectivity index is 1.55. The molecule has 4 nitrogen and oxygen atoms in total. The van der Waals surface area contributed by atoms with Crippen molar-refractivity contribution in [2.75, 3.05) is 6.54 Å². The molecule has 0 saturated carbocycles. The highest BCUT2D eigenvalue weighted by atomic mass is 16.1. The molecule has 0 spiro atoms. The van der Waals surface area contributed by atoms with E-state index in [0.717, 1.165) is 23.3 Å². The molecule has 0 fully saturated rings. The number of nitrogens with zero attached hydrogens (tertiary/aromatic N) is 2. The van der Waals surface area contributed by atoms with Crippen LogP contribution >= 0.6 is 0 Å². The standard InChI is InChI=1S/C18H19N3O/c1-14-6-5-11-21-13-16(20-18(14)21)12-17(22)19-10-9-15-7-3-2-4-8-15/h2-8,11,13H,9-10,12H2,1H3,(H,19,22). The topological polar surface area (TPSA) is 46.4 Å². The summed E-state index contributed by atoms with van der Waals surface area (Å²) >= 11 is 0. The van der Waals surface area contributed by atoms with E-state index in [9.17, 15) is 4.79 Å². The van der Waals surface area contributed by atoms with Crippen LogP contribution in [0.1, 0.15) is 16.8 Å². The van der Waals surface area contributed by atoms with Gasteiger partial charge >= 0.3 is 0 Å². The van der Waals surface area contributed by atoms with Crippen LogP contribution in [0.5, 0.6) is 0 Å². The highest BCUT2D eigenvalue weighted by molar-refractivity contribution is 5.78. The van der Waals surface area contributed by atoms with Crippen LogP contribution in [-0.4, -0.2) is 21.8 Å². The van der Waals surface area contributed by atoms with E-state index in [4.69, 9.17) is 0 Å². The van der Waals surface area contributed by atoms with Crippen molar-refractivity contribution in [1.82, 2.24) is 14.7 Å². The molecule has 1 amide bonds. The van der Waals surface area contributed by atoms with Gasteiger partial charge < -0.3 is 9.72 Å². The Morgan fingerprint density at radius 3 is 2.77 bits per heavy atom. The van der Waals surface area contributed by atoms with Crippen LogP contribution in [0.25, 0.3) is 5.65 Å². The van der Waals surface area contributed by atoms with Crippen molar-refractivity contribution in [3.63, 3.8) is 0 Å². The van der Waals surface area contributed by atoms with Gasteiger partial charge in [0.05, 0.1) is 12.1 Å². The molecule has 2 heterocycles. The number of rotatable bonds is 5. The highest BCUT2D eigenvalue weighted by Gasteiger charge is 2.08. The van der Waals surface area contributed by atoms with Crippen LogP contribution in [0.2, 0.25) is 0 Å². The molecule has 112 valence electrons. The minimum Gasteiger partial charge on any atom is -0.355 e. The number of amides is 1. The summed E-state index contributed by atoms with van der Waals surface area (Å²) in [5.41, 5.74) is 4.05. The Labute approximate surface area is 129 Å². The summed E-state index contributed by atoms with van der Waals surface area (Å²) < 4.78 is 1.96. The lowest BCUT2D eigenvalue weighted by molar-refractivity contribution is -0.120. The molecular formula is C18H19N3O. The van der Waals surface area contributed by atoms with Crippen LogP contribution in [-0.2, 0) is 17.6 Å². The van der Waals surface area contributed by atoms with Gasteiger partial charge in [-0.3, -0.25) is 4.79 Å². The molecule has 0 radical (unpaired) electrons. The smallest absolute Gasteiger partial charge is 0.226 e. The zero-order valence-electron chi connectivity index (χ0n) is 12.6. The molecule has 22 heavy (non-hydrogen) atoms. The Hall–Kier alpha value is -2.62. The fourth-order valence-electron chi connectivity index (χ4n) is 2.51. The normalized spacial score (nSPS) is 10.8. The van der Waals surface area contributed by atoms with Crippen LogP contribution < -0.4 is 5.32 Å². The zero-order valence-corrected chi connectivity index (χ0v) is 12.6. The van der Waals surface area contributed by atoms with Crippen molar-refractivity contribution in [2.45, 2.75) is 19.8 Å². The van der Waals surface area contributed by atoms with Crippen LogP contribution in [0.3, 0.4) is 0 Å². The molecule has 0 aliphatic rings. The Bertz CT molecular complexity index is 777. The number of nitrogens with one attached hydrogen (secondary N) is 1. The molecular weight excluding hydrogens is 274 g/mol. The number of aromatic nitrogens is 2. The summed E-state index contributed by atoms with van der Waals surface area (Å²) in [6, 6.07) is 14.1. The van der Waals surface area contributed by atoms with Gasteiger partial charge in [0.25, 0.3) is 0 Å². The average molecular weight is 293 g/mol. The van der Waals surface area contributed by atoms with Crippen LogP contribution in [0, 0.1) is 6.92 Å². The summed E-state index contributed by atoms with van der Waals surface area (Å²) in [4.78, 5) is 16.5. The second-order valence-electron chi connectivity index (χ2n) is 5.42. The third kappa shape index (κ3) is 3.34. The van der Waals surface area contributed by atoms with E-state index in [0.29, 0.717) is 13.0 Å². The van der Waals surface area contributed by atoms with Crippen molar-refractivity contribution < 1.29 is 4.79 Å². The maximum atomic E-state index is 12.0. The predicted molar refractivity (Wildman–Crippen MR) is 86.8 cm³/mol. The molecule has 2 aromatic heterocycles. The van der Waals surface area contributed by atoms with Crippen molar-refractivity contribution in [1.29, 1.82) is 0 Å². The average Bonchev–Trinajstić information content (AvgIpc) is 2.92. The minimum absolute atomic E-state index is 0.0111. The number of imidazole rings is 1. The molecule has 0 bridgehead atoms. The molecule has 4 heteroatoms. The summed E-state index contributed by atoms with van der Waals surface area (Å²) in [5, 5.41) is 2.95. The van der Waals surface area contributed by atoms with Crippen molar-refractivity contribution in [3.8, 4) is 0 Å². The lowest BCUT2D eigenvalue weighted by Crippen LogP contribution is -2.27. The quantitative estimate of drug-likeness (QED) is 0.786. The van der Waals surface area contributed by atoms with Crippen LogP contribution in [0.15, 0.2) is 54.9 Å². The van der Waals surface area contributed by atoms with Gasteiger partial charge in [0.2, 0.25) is 5.91 Å². The second-order valence-corrected chi connectivity index (χ2v) is 5.42. The van der Waals surface area contributed by atoms with Gasteiger partial charge in [-0.05, 0) is 30.5 Å². The second kappa shape index (κ2) is 6.43. The Kier molecular flexibility index (Phi) is 4.19. The van der Waals surface area contributed by atoms with Gasteiger partial charge in [-0.25, -0.2) is 4.98 Å². The first-order chi connectivity index (χ1) is 10.7. The number of fused-ring (bicyclic) bond motifs is 1. The van der Waals surface area contributed by atoms with Gasteiger partial charge in [-0.1, -0.05) is 36.4 Å². The summed E-state index contributed by atoms with van der Waals surface area (Å²) in [7, 11) is 0. The molecule has 0 saturated heterocycles. The SMILES string of the molecule is Cc1cccn2cc(CC(=O)NCCc3ccccc3)nc12. The van der Waals surface area contributed by atoms with Gasteiger partial charge in [-0.2, -0.15) is 0 Å². The third-order valence-corrected chi connectivity index (χ3v) is 3.65. The molecule has 0 atom stereocenters. The molecule has 0 aliphatic heterocycles. The highest BCUT2D eigenvalue weighted by Crippen LogP contribution is 2.10. The van der Waals surface area contributed by atoms with Crippen molar-refractivity contribution in [2.24, 2.45) is 0 Å². The van der Waals surface area contributed by atoms with Gasteiger partial charge in [0, 0.05) is 18.9 Å². The van der Waals surface area contributed by atoms with E-state index in [1.165, 1.54) is 5.56 Å². The van der Waals surface area contributed by atoms with Gasteiger partial charge in [0.15, 0.2) is 0 Å². The lowest BCUT2D eigenvalue weighted by Gasteiger charge is -2.04. The van der Waals surface area contributed by atoms with Crippen molar-refractivity contribution >= 4 is 11.6 Å². The van der Waals surface area contributed by atoms with E-state index >= 15 is 0 Å². The Morgan fingerprint density at radius 2 is 2.00 bits per heavy atom. The maximum Gasteiger partial charge on any atom is 0.226 e. The number of carbonyl (C=O) groups is 1. The van der Waals surface area contributed by atoms with E-state index in [-0.39, 0.29) is 5.91 Å². The third-order valence-electron chi connectivity index (χ3n) is 3.65. The first kappa shape index (κ1) is 14.3. The Morgan fingerprint density at radius 1 is 1.18 bits per heavy atom. The fourth-order valence-corrected chi connectivity index (χ4v) is 2.51. The maximum absolute atomic E-state index is 12.0. The molecule has 3 aromatic rings. The number of hydrogen-bond donors (Lipinski definition) is 1. The van der Waals surface area contributed by atoms with E-state index in [2.05, 4.69) is 22.4 Å². The van der Waals surface area contributed by atoms with Crippen molar-refractivity contribution in [3.05, 3.63) is 71.7 Å². The predicted octanol–water partition coefficient (Wildman–Crippen LogP) is 2.54. The number of carbonyl (C=O) groups excluding carboxylic acids is 1. The summed E-state index contributed by atoms with van der Waals surface area (Å²) in [6.45, 7) is 2.67. The number of aryl methyl sites for hydroxylation is 1. The van der Waals surface area contributed by atoms with Gasteiger partial charge in [0.1, 0.15) is 5.65 Å².